The number of aryl methyl sites for hydroxylation is 1. The quantitative estimate of drug-likeness (QED) is 0.789. The Hall–Kier alpha value is -2.40. The summed E-state index contributed by atoms with van der Waals surface area (Å²) in [6, 6.07) is 11.3. The molecule has 140 valence electrons. The molecule has 5 heteroatoms. The van der Waals surface area contributed by atoms with Gasteiger partial charge in [0.25, 0.3) is 5.91 Å². The third-order valence-electron chi connectivity index (χ3n) is 4.27. The molecule has 0 saturated heterocycles. The number of carbonyl (C=O) groups excluding carboxylic acids is 1. The number of rotatable bonds is 7. The van der Waals surface area contributed by atoms with Crippen LogP contribution in [0.4, 0.5) is 4.39 Å². The second-order valence-electron chi connectivity index (χ2n) is 6.75. The highest BCUT2D eigenvalue weighted by Crippen LogP contribution is 2.24. The van der Waals surface area contributed by atoms with Gasteiger partial charge in [0.2, 0.25) is 0 Å². The number of aliphatic hydroxyl groups is 1. The van der Waals surface area contributed by atoms with Gasteiger partial charge >= 0.3 is 0 Å². The van der Waals surface area contributed by atoms with Crippen LogP contribution >= 0.6 is 0 Å². The lowest BCUT2D eigenvalue weighted by atomic mass is 9.98. The average molecular weight is 359 g/mol. The Morgan fingerprint density at radius 3 is 2.38 bits per heavy atom. The van der Waals surface area contributed by atoms with Crippen molar-refractivity contribution in [1.82, 2.24) is 5.32 Å². The molecule has 26 heavy (non-hydrogen) atoms. The summed E-state index contributed by atoms with van der Waals surface area (Å²) >= 11 is 0. The van der Waals surface area contributed by atoms with E-state index in [1.165, 1.54) is 29.8 Å². The molecule has 0 heterocycles. The second-order valence-corrected chi connectivity index (χ2v) is 6.75. The predicted octanol–water partition coefficient (Wildman–Crippen LogP) is 3.87. The van der Waals surface area contributed by atoms with Crippen molar-refractivity contribution in [3.05, 3.63) is 65.0 Å². The SMILES string of the molecule is Cc1cc(OC(C)C(=O)NCC(O)c2ccc(F)cc2)ccc1C(C)C. The van der Waals surface area contributed by atoms with Gasteiger partial charge in [-0.1, -0.05) is 32.0 Å². The lowest BCUT2D eigenvalue weighted by Crippen LogP contribution is -2.38. The van der Waals surface area contributed by atoms with Crippen LogP contribution in [0.2, 0.25) is 0 Å². The summed E-state index contributed by atoms with van der Waals surface area (Å²) in [6.07, 6.45) is -1.60. The molecule has 0 aliphatic rings. The fourth-order valence-corrected chi connectivity index (χ4v) is 2.77. The van der Waals surface area contributed by atoms with E-state index in [2.05, 4.69) is 19.2 Å². The van der Waals surface area contributed by atoms with Crippen LogP contribution in [-0.4, -0.2) is 23.7 Å². The van der Waals surface area contributed by atoms with Crippen molar-refractivity contribution in [2.75, 3.05) is 6.54 Å². The molecule has 0 spiro atoms. The van der Waals surface area contributed by atoms with E-state index >= 15 is 0 Å². The van der Waals surface area contributed by atoms with Gasteiger partial charge < -0.3 is 15.2 Å². The highest BCUT2D eigenvalue weighted by atomic mass is 19.1. The Bertz CT molecular complexity index is 743. The van der Waals surface area contributed by atoms with E-state index in [-0.39, 0.29) is 18.3 Å². The van der Waals surface area contributed by atoms with E-state index < -0.39 is 12.2 Å². The molecule has 2 aromatic rings. The minimum atomic E-state index is -0.903. The summed E-state index contributed by atoms with van der Waals surface area (Å²) < 4.78 is 18.6. The smallest absolute Gasteiger partial charge is 0.260 e. The van der Waals surface area contributed by atoms with E-state index in [0.717, 1.165) is 5.56 Å². The normalized spacial score (nSPS) is 13.3. The van der Waals surface area contributed by atoms with Gasteiger partial charge in [0.1, 0.15) is 11.6 Å². The molecule has 0 aliphatic heterocycles. The topological polar surface area (TPSA) is 58.6 Å². The van der Waals surface area contributed by atoms with Crippen molar-refractivity contribution in [2.24, 2.45) is 0 Å². The first-order chi connectivity index (χ1) is 12.3. The number of benzene rings is 2. The number of aliphatic hydroxyl groups excluding tert-OH is 1. The van der Waals surface area contributed by atoms with E-state index in [1.54, 1.807) is 6.92 Å². The molecular weight excluding hydrogens is 333 g/mol. The molecule has 0 radical (unpaired) electrons. The standard InChI is InChI=1S/C21H26FNO3/c1-13(2)19-10-9-18(11-14(19)3)26-15(4)21(25)23-12-20(24)16-5-7-17(22)8-6-16/h5-11,13,15,20,24H,12H2,1-4H3,(H,23,25). The Balaban J connectivity index is 1.89. The number of amides is 1. The van der Waals surface area contributed by atoms with E-state index in [4.69, 9.17) is 4.74 Å². The fraction of sp³-hybridized carbons (Fsp3) is 0.381. The molecule has 2 rings (SSSR count). The number of ether oxygens (including phenoxy) is 1. The minimum absolute atomic E-state index is 0.0312. The molecule has 1 amide bonds. The van der Waals surface area contributed by atoms with Crippen molar-refractivity contribution in [2.45, 2.75) is 45.8 Å². The van der Waals surface area contributed by atoms with Crippen LogP contribution in [-0.2, 0) is 4.79 Å². The lowest BCUT2D eigenvalue weighted by molar-refractivity contribution is -0.127. The molecule has 0 saturated carbocycles. The molecule has 4 nitrogen and oxygen atoms in total. The monoisotopic (exact) mass is 359 g/mol. The summed E-state index contributed by atoms with van der Waals surface area (Å²) in [5, 5.41) is 12.7. The van der Waals surface area contributed by atoms with Gasteiger partial charge in [-0.05, 0) is 60.7 Å². The highest BCUT2D eigenvalue weighted by Gasteiger charge is 2.17. The summed E-state index contributed by atoms with van der Waals surface area (Å²) in [4.78, 5) is 12.2. The maximum absolute atomic E-state index is 12.9. The number of hydrogen-bond donors (Lipinski definition) is 2. The van der Waals surface area contributed by atoms with Crippen molar-refractivity contribution in [1.29, 1.82) is 0 Å². The zero-order chi connectivity index (χ0) is 19.3. The molecule has 0 aromatic heterocycles. The molecule has 2 N–H and O–H groups in total. The van der Waals surface area contributed by atoms with Crippen LogP contribution < -0.4 is 10.1 Å². The molecule has 0 bridgehead atoms. The van der Waals surface area contributed by atoms with Crippen LogP contribution in [0.5, 0.6) is 5.75 Å². The van der Waals surface area contributed by atoms with Crippen LogP contribution in [0, 0.1) is 12.7 Å². The van der Waals surface area contributed by atoms with Crippen molar-refractivity contribution in [3.8, 4) is 5.75 Å². The molecule has 2 aromatic carbocycles. The third kappa shape index (κ3) is 5.30. The number of hydrogen-bond acceptors (Lipinski definition) is 3. The third-order valence-corrected chi connectivity index (χ3v) is 4.27. The van der Waals surface area contributed by atoms with Crippen LogP contribution in [0.15, 0.2) is 42.5 Å². The number of halogens is 1. The predicted molar refractivity (Wildman–Crippen MR) is 99.7 cm³/mol. The molecule has 2 unspecified atom stereocenters. The summed E-state index contributed by atoms with van der Waals surface area (Å²) in [5.74, 6) is 0.369. The fourth-order valence-electron chi connectivity index (χ4n) is 2.77. The lowest BCUT2D eigenvalue weighted by Gasteiger charge is -2.18. The summed E-state index contributed by atoms with van der Waals surface area (Å²) in [5.41, 5.74) is 2.91. The van der Waals surface area contributed by atoms with Gasteiger partial charge in [-0.25, -0.2) is 4.39 Å². The Morgan fingerprint density at radius 2 is 1.81 bits per heavy atom. The number of nitrogens with one attached hydrogen (secondary N) is 1. The van der Waals surface area contributed by atoms with Gasteiger partial charge in [0.15, 0.2) is 6.10 Å². The van der Waals surface area contributed by atoms with Crippen molar-refractivity contribution >= 4 is 5.91 Å². The molecular formula is C21H26FNO3. The van der Waals surface area contributed by atoms with Crippen LogP contribution in [0.3, 0.4) is 0 Å². The van der Waals surface area contributed by atoms with Crippen molar-refractivity contribution < 1.29 is 19.0 Å². The maximum Gasteiger partial charge on any atom is 0.260 e. The molecule has 2 atom stereocenters. The van der Waals surface area contributed by atoms with Gasteiger partial charge in [-0.2, -0.15) is 0 Å². The molecule has 0 fully saturated rings. The Kier molecular flexibility index (Phi) is 6.75. The van der Waals surface area contributed by atoms with Gasteiger partial charge in [0, 0.05) is 6.54 Å². The first-order valence-electron chi connectivity index (χ1n) is 8.76. The summed E-state index contributed by atoms with van der Waals surface area (Å²) in [7, 11) is 0. The first-order valence-corrected chi connectivity index (χ1v) is 8.76. The first kappa shape index (κ1) is 19.9. The van der Waals surface area contributed by atoms with Gasteiger partial charge in [0.05, 0.1) is 6.10 Å². The van der Waals surface area contributed by atoms with Crippen molar-refractivity contribution in [3.63, 3.8) is 0 Å². The van der Waals surface area contributed by atoms with Gasteiger partial charge in [-0.15, -0.1) is 0 Å². The average Bonchev–Trinajstić information content (AvgIpc) is 2.59. The largest absolute Gasteiger partial charge is 0.481 e. The van der Waals surface area contributed by atoms with Gasteiger partial charge in [-0.3, -0.25) is 4.79 Å². The van der Waals surface area contributed by atoms with E-state index in [0.29, 0.717) is 17.2 Å². The Morgan fingerprint density at radius 1 is 1.15 bits per heavy atom. The zero-order valence-electron chi connectivity index (χ0n) is 15.6. The van der Waals surface area contributed by atoms with Crippen LogP contribution in [0.25, 0.3) is 0 Å². The highest BCUT2D eigenvalue weighted by molar-refractivity contribution is 5.80. The Labute approximate surface area is 154 Å². The number of carbonyl (C=O) groups is 1. The molecule has 0 aliphatic carbocycles. The minimum Gasteiger partial charge on any atom is -0.481 e. The zero-order valence-corrected chi connectivity index (χ0v) is 15.6. The second kappa shape index (κ2) is 8.81. The van der Waals surface area contributed by atoms with E-state index in [1.807, 2.05) is 25.1 Å². The summed E-state index contributed by atoms with van der Waals surface area (Å²) in [6.45, 7) is 7.97. The van der Waals surface area contributed by atoms with Crippen LogP contribution in [0.1, 0.15) is 49.5 Å². The van der Waals surface area contributed by atoms with E-state index in [9.17, 15) is 14.3 Å². The maximum atomic E-state index is 12.9.